The minimum atomic E-state index is -4.65. The Morgan fingerprint density at radius 2 is 1.87 bits per heavy atom. The summed E-state index contributed by atoms with van der Waals surface area (Å²) in [6.45, 7) is 0.472. The summed E-state index contributed by atoms with van der Waals surface area (Å²) in [5, 5.41) is 5.47. The lowest BCUT2D eigenvalue weighted by Gasteiger charge is -2.18. The number of aromatic nitrogens is 3. The second-order valence-electron chi connectivity index (χ2n) is 8.04. The van der Waals surface area contributed by atoms with Gasteiger partial charge in [0.15, 0.2) is 17.3 Å². The first-order valence-electron chi connectivity index (χ1n) is 10.8. The first kappa shape index (κ1) is 29.0. The maximum absolute atomic E-state index is 14.2. The Morgan fingerprint density at radius 1 is 1.13 bits per heavy atom. The Morgan fingerprint density at radius 3 is 2.50 bits per heavy atom. The van der Waals surface area contributed by atoms with E-state index in [4.69, 9.17) is 4.74 Å². The molecule has 0 saturated carbocycles. The minimum absolute atomic E-state index is 0.0472. The number of amides is 1. The van der Waals surface area contributed by atoms with Gasteiger partial charge in [-0.1, -0.05) is 0 Å². The second kappa shape index (κ2) is 11.9. The van der Waals surface area contributed by atoms with E-state index in [1.165, 1.54) is 19.2 Å². The zero-order valence-corrected chi connectivity index (χ0v) is 20.7. The molecule has 0 aliphatic heterocycles. The molecule has 0 aliphatic rings. The minimum Gasteiger partial charge on any atom is -0.490 e. The van der Waals surface area contributed by atoms with Crippen molar-refractivity contribution >= 4 is 33.9 Å². The fourth-order valence-corrected chi connectivity index (χ4v) is 3.97. The molecule has 38 heavy (non-hydrogen) atoms. The molecule has 0 unspecified atom stereocenters. The SMILES string of the molecule is Cc1nsc(Nc2cnc(C(F)(F)F)cn2)c1C(=O)Nc1ccc(F)c(OCCCN(C)CC(F)(F)F)c1. The normalized spacial score (nSPS) is 12.1. The number of ether oxygens (including phenoxy) is 1. The maximum atomic E-state index is 14.2. The highest BCUT2D eigenvalue weighted by Gasteiger charge is 2.33. The van der Waals surface area contributed by atoms with Gasteiger partial charge in [-0.3, -0.25) is 9.69 Å². The number of carbonyl (C=O) groups excluding carboxylic acids is 1. The van der Waals surface area contributed by atoms with Gasteiger partial charge in [0, 0.05) is 18.3 Å². The van der Waals surface area contributed by atoms with Gasteiger partial charge in [-0.15, -0.1) is 0 Å². The summed E-state index contributed by atoms with van der Waals surface area (Å²) in [5.74, 6) is -1.64. The van der Waals surface area contributed by atoms with Crippen molar-refractivity contribution < 1.29 is 40.3 Å². The Balaban J connectivity index is 1.63. The number of aryl methyl sites for hydroxylation is 1. The third-order valence-corrected chi connectivity index (χ3v) is 5.71. The predicted octanol–water partition coefficient (Wildman–Crippen LogP) is 5.66. The van der Waals surface area contributed by atoms with Crippen LogP contribution in [0.25, 0.3) is 0 Å². The van der Waals surface area contributed by atoms with Crippen LogP contribution in [0.2, 0.25) is 0 Å². The van der Waals surface area contributed by atoms with E-state index in [-0.39, 0.29) is 47.4 Å². The molecule has 206 valence electrons. The van der Waals surface area contributed by atoms with Crippen LogP contribution in [-0.2, 0) is 6.18 Å². The summed E-state index contributed by atoms with van der Waals surface area (Å²) in [4.78, 5) is 21.0. The zero-order chi connectivity index (χ0) is 28.1. The molecule has 0 spiro atoms. The molecule has 0 atom stereocenters. The molecule has 3 rings (SSSR count). The van der Waals surface area contributed by atoms with Crippen molar-refractivity contribution in [3.8, 4) is 5.75 Å². The van der Waals surface area contributed by atoms with Gasteiger partial charge in [-0.2, -0.15) is 30.7 Å². The van der Waals surface area contributed by atoms with E-state index < -0.39 is 36.3 Å². The Kier molecular flexibility index (Phi) is 9.09. The van der Waals surface area contributed by atoms with Crippen LogP contribution in [0.3, 0.4) is 0 Å². The van der Waals surface area contributed by atoms with Gasteiger partial charge in [0.25, 0.3) is 5.91 Å². The molecule has 0 aliphatic carbocycles. The van der Waals surface area contributed by atoms with Gasteiger partial charge >= 0.3 is 12.4 Å². The molecule has 0 bridgehead atoms. The van der Waals surface area contributed by atoms with Crippen LogP contribution in [0.15, 0.2) is 30.6 Å². The van der Waals surface area contributed by atoms with E-state index in [0.717, 1.165) is 28.7 Å². The van der Waals surface area contributed by atoms with Crippen molar-refractivity contribution in [3.63, 3.8) is 0 Å². The van der Waals surface area contributed by atoms with Gasteiger partial charge < -0.3 is 15.4 Å². The zero-order valence-electron chi connectivity index (χ0n) is 19.9. The lowest BCUT2D eigenvalue weighted by Crippen LogP contribution is -2.32. The number of alkyl halides is 6. The molecule has 2 heterocycles. The van der Waals surface area contributed by atoms with E-state index in [1.54, 1.807) is 6.92 Å². The standard InChI is InChI=1S/C22H21F7N6O2S/c1-12-18(20(38-34-12)33-17-10-30-16(9-31-17)22(27,28)29)19(36)32-13-4-5-14(23)15(8-13)37-7-3-6-35(2)11-21(24,25)26/h4-5,8-10H,3,6-7,11H2,1-2H3,(H,31,33)(H,32,36). The number of benzene rings is 1. The number of anilines is 3. The lowest BCUT2D eigenvalue weighted by atomic mass is 10.2. The molecule has 3 aromatic rings. The number of nitrogens with one attached hydrogen (secondary N) is 2. The summed E-state index contributed by atoms with van der Waals surface area (Å²) in [6, 6.07) is 3.55. The molecule has 2 N–H and O–H groups in total. The summed E-state index contributed by atoms with van der Waals surface area (Å²) in [5.41, 5.74) is -0.622. The van der Waals surface area contributed by atoms with E-state index in [9.17, 15) is 35.5 Å². The molecule has 0 radical (unpaired) electrons. The van der Waals surface area contributed by atoms with Crippen LogP contribution in [0.4, 0.5) is 47.2 Å². The topological polar surface area (TPSA) is 92.3 Å². The van der Waals surface area contributed by atoms with Gasteiger partial charge in [0.2, 0.25) is 0 Å². The summed E-state index contributed by atoms with van der Waals surface area (Å²) < 4.78 is 98.8. The molecule has 16 heteroatoms. The molecule has 0 fully saturated rings. The monoisotopic (exact) mass is 566 g/mol. The van der Waals surface area contributed by atoms with Gasteiger partial charge in [-0.25, -0.2) is 14.4 Å². The number of carbonyl (C=O) groups is 1. The van der Waals surface area contributed by atoms with Crippen molar-refractivity contribution in [1.82, 2.24) is 19.2 Å². The van der Waals surface area contributed by atoms with Crippen molar-refractivity contribution in [2.75, 3.05) is 37.4 Å². The van der Waals surface area contributed by atoms with Crippen LogP contribution < -0.4 is 15.4 Å². The van der Waals surface area contributed by atoms with Gasteiger partial charge in [0.1, 0.15) is 10.8 Å². The summed E-state index contributed by atoms with van der Waals surface area (Å²) >= 11 is 0.873. The molecule has 1 amide bonds. The number of hydrogen-bond donors (Lipinski definition) is 2. The highest BCUT2D eigenvalue weighted by molar-refractivity contribution is 7.10. The van der Waals surface area contributed by atoms with Crippen molar-refractivity contribution in [2.45, 2.75) is 25.7 Å². The van der Waals surface area contributed by atoms with Crippen LogP contribution in [0.1, 0.15) is 28.2 Å². The smallest absolute Gasteiger partial charge is 0.434 e. The predicted molar refractivity (Wildman–Crippen MR) is 125 cm³/mol. The van der Waals surface area contributed by atoms with E-state index in [1.807, 2.05) is 0 Å². The van der Waals surface area contributed by atoms with Crippen molar-refractivity contribution in [3.05, 3.63) is 53.4 Å². The molecule has 8 nitrogen and oxygen atoms in total. The summed E-state index contributed by atoms with van der Waals surface area (Å²) in [6.07, 6.45) is -7.37. The van der Waals surface area contributed by atoms with Crippen molar-refractivity contribution in [1.29, 1.82) is 0 Å². The van der Waals surface area contributed by atoms with E-state index in [0.29, 0.717) is 11.9 Å². The molecular formula is C22H21F7N6O2S. The second-order valence-corrected chi connectivity index (χ2v) is 8.81. The van der Waals surface area contributed by atoms with Gasteiger partial charge in [0.05, 0.1) is 36.8 Å². The van der Waals surface area contributed by atoms with Crippen LogP contribution in [-0.4, -0.2) is 58.1 Å². The molecule has 2 aromatic heterocycles. The molecule has 1 aromatic carbocycles. The van der Waals surface area contributed by atoms with Crippen LogP contribution in [0.5, 0.6) is 5.75 Å². The average Bonchev–Trinajstić information content (AvgIpc) is 3.17. The van der Waals surface area contributed by atoms with E-state index in [2.05, 4.69) is 25.0 Å². The maximum Gasteiger partial charge on any atom is 0.434 e. The Labute approximate surface area is 216 Å². The van der Waals surface area contributed by atoms with Crippen molar-refractivity contribution in [2.24, 2.45) is 0 Å². The quantitative estimate of drug-likeness (QED) is 0.242. The number of halogens is 7. The Hall–Kier alpha value is -3.53. The number of rotatable bonds is 10. The fraction of sp³-hybridized carbons (Fsp3) is 0.364. The lowest BCUT2D eigenvalue weighted by molar-refractivity contribution is -0.143. The average molecular weight is 567 g/mol. The van der Waals surface area contributed by atoms with Gasteiger partial charge in [-0.05, 0) is 44.1 Å². The highest BCUT2D eigenvalue weighted by Crippen LogP contribution is 2.31. The Bertz CT molecular complexity index is 1250. The third-order valence-electron chi connectivity index (χ3n) is 4.85. The fourth-order valence-electron chi connectivity index (χ4n) is 3.16. The largest absolute Gasteiger partial charge is 0.490 e. The third kappa shape index (κ3) is 8.24. The number of hydrogen-bond acceptors (Lipinski definition) is 8. The van der Waals surface area contributed by atoms with Crippen LogP contribution in [0, 0.1) is 12.7 Å². The number of nitrogens with zero attached hydrogens (tertiary/aromatic N) is 4. The molecular weight excluding hydrogens is 545 g/mol. The highest BCUT2D eigenvalue weighted by atomic mass is 32.1. The van der Waals surface area contributed by atoms with Crippen LogP contribution >= 0.6 is 11.5 Å². The summed E-state index contributed by atoms with van der Waals surface area (Å²) in [7, 11) is 1.30. The molecule has 0 saturated heterocycles. The van der Waals surface area contributed by atoms with E-state index >= 15 is 0 Å². The first-order valence-corrected chi connectivity index (χ1v) is 11.6. The first-order chi connectivity index (χ1) is 17.7.